The Balaban J connectivity index is 4.50. The molecular formula is C62H102O6. The summed E-state index contributed by atoms with van der Waals surface area (Å²) in [6.45, 7) is 6.43. The Morgan fingerprint density at radius 1 is 0.309 bits per heavy atom. The Bertz CT molecular complexity index is 1410. The van der Waals surface area contributed by atoms with E-state index in [2.05, 4.69) is 130 Å². The van der Waals surface area contributed by atoms with E-state index in [1.165, 1.54) is 70.6 Å². The van der Waals surface area contributed by atoms with Gasteiger partial charge < -0.3 is 14.2 Å². The van der Waals surface area contributed by atoms with Gasteiger partial charge in [0, 0.05) is 19.3 Å². The second-order valence-corrected chi connectivity index (χ2v) is 18.1. The van der Waals surface area contributed by atoms with Crippen LogP contribution in [0.4, 0.5) is 0 Å². The number of allylic oxidation sites excluding steroid dienone is 18. The number of rotatable bonds is 49. The Morgan fingerprint density at radius 3 is 0.941 bits per heavy atom. The van der Waals surface area contributed by atoms with Crippen LogP contribution < -0.4 is 0 Å². The van der Waals surface area contributed by atoms with E-state index in [1.807, 2.05) is 0 Å². The number of esters is 3. The van der Waals surface area contributed by atoms with Gasteiger partial charge in [0.15, 0.2) is 6.10 Å². The zero-order chi connectivity index (χ0) is 49.3. The highest BCUT2D eigenvalue weighted by atomic mass is 16.6. The second kappa shape index (κ2) is 55.7. The molecule has 68 heavy (non-hydrogen) atoms. The lowest BCUT2D eigenvalue weighted by Gasteiger charge is -2.18. The summed E-state index contributed by atoms with van der Waals surface area (Å²) in [5, 5.41) is 0. The highest BCUT2D eigenvalue weighted by Gasteiger charge is 2.19. The molecule has 1 atom stereocenters. The molecule has 0 amide bonds. The molecule has 0 aromatic rings. The fraction of sp³-hybridized carbons (Fsp3) is 0.661. The van der Waals surface area contributed by atoms with Crippen molar-refractivity contribution in [1.29, 1.82) is 0 Å². The predicted octanol–water partition coefficient (Wildman–Crippen LogP) is 18.7. The van der Waals surface area contributed by atoms with E-state index in [0.717, 1.165) is 128 Å². The van der Waals surface area contributed by atoms with Crippen LogP contribution in [0.25, 0.3) is 0 Å². The molecule has 0 heterocycles. The monoisotopic (exact) mass is 943 g/mol. The largest absolute Gasteiger partial charge is 0.462 e. The average molecular weight is 943 g/mol. The van der Waals surface area contributed by atoms with Gasteiger partial charge >= 0.3 is 17.9 Å². The summed E-state index contributed by atoms with van der Waals surface area (Å²) in [5.74, 6) is -0.972. The third kappa shape index (κ3) is 53.0. The van der Waals surface area contributed by atoms with Gasteiger partial charge in [-0.05, 0) is 128 Å². The molecule has 0 spiro atoms. The molecule has 1 unspecified atom stereocenters. The molecular weight excluding hydrogens is 841 g/mol. The van der Waals surface area contributed by atoms with Crippen LogP contribution in [0.3, 0.4) is 0 Å². The van der Waals surface area contributed by atoms with Crippen LogP contribution >= 0.6 is 0 Å². The Labute approximate surface area is 419 Å². The van der Waals surface area contributed by atoms with Crippen molar-refractivity contribution >= 4 is 17.9 Å². The average Bonchev–Trinajstić information content (AvgIpc) is 3.34. The van der Waals surface area contributed by atoms with Crippen LogP contribution in [0, 0.1) is 0 Å². The van der Waals surface area contributed by atoms with Crippen molar-refractivity contribution in [2.45, 2.75) is 252 Å². The Kier molecular flexibility index (Phi) is 52.4. The van der Waals surface area contributed by atoms with Crippen molar-refractivity contribution in [3.05, 3.63) is 109 Å². The molecule has 0 rings (SSSR count). The fourth-order valence-electron chi connectivity index (χ4n) is 7.29. The zero-order valence-corrected chi connectivity index (χ0v) is 44.1. The molecule has 0 radical (unpaired) electrons. The second-order valence-electron chi connectivity index (χ2n) is 18.1. The van der Waals surface area contributed by atoms with E-state index >= 15 is 0 Å². The van der Waals surface area contributed by atoms with Crippen molar-refractivity contribution < 1.29 is 28.6 Å². The van der Waals surface area contributed by atoms with E-state index in [9.17, 15) is 14.4 Å². The van der Waals surface area contributed by atoms with Crippen molar-refractivity contribution in [3.63, 3.8) is 0 Å². The quantitative estimate of drug-likeness (QED) is 0.0262. The zero-order valence-electron chi connectivity index (χ0n) is 44.1. The first-order valence-electron chi connectivity index (χ1n) is 27.9. The standard InChI is InChI=1S/C62H102O6/c1-4-7-10-13-16-19-22-25-27-29-30-31-32-33-35-37-40-43-46-49-52-55-61(64)67-58-59(57-66-60(63)54-51-48-45-42-39-36-24-21-18-15-12-9-6-3)68-62(65)56-53-50-47-44-41-38-34-28-26-23-20-17-14-11-8-5-2/h7,10,16,19-21,23-25,27-28,30-31,33-35,40,43,59H,4-6,8-9,11-15,17-18,22,26,29,32,36-39,41-42,44-58H2,1-3H3/b10-7-,19-16-,23-20-,24-21-,27-25-,31-30-,34-28-,35-33-,43-40-. The number of hydrogen-bond donors (Lipinski definition) is 0. The van der Waals surface area contributed by atoms with Gasteiger partial charge in [0.25, 0.3) is 0 Å². The van der Waals surface area contributed by atoms with Crippen LogP contribution in [-0.4, -0.2) is 37.2 Å². The van der Waals surface area contributed by atoms with Crippen LogP contribution in [0.2, 0.25) is 0 Å². The number of unbranched alkanes of at least 4 members (excludes halogenated alkanes) is 20. The van der Waals surface area contributed by atoms with Crippen molar-refractivity contribution in [2.24, 2.45) is 0 Å². The highest BCUT2D eigenvalue weighted by Crippen LogP contribution is 2.13. The molecule has 0 saturated heterocycles. The summed E-state index contributed by atoms with van der Waals surface area (Å²) in [5.41, 5.74) is 0. The lowest BCUT2D eigenvalue weighted by atomic mass is 10.1. The first-order chi connectivity index (χ1) is 33.5. The molecule has 0 aromatic carbocycles. The van der Waals surface area contributed by atoms with Gasteiger partial charge in [-0.1, -0.05) is 207 Å². The lowest BCUT2D eigenvalue weighted by molar-refractivity contribution is -0.167. The smallest absolute Gasteiger partial charge is 0.306 e. The Hall–Kier alpha value is -3.93. The predicted molar refractivity (Wildman–Crippen MR) is 293 cm³/mol. The van der Waals surface area contributed by atoms with E-state index < -0.39 is 6.10 Å². The minimum atomic E-state index is -0.809. The van der Waals surface area contributed by atoms with Crippen molar-refractivity contribution in [3.8, 4) is 0 Å². The molecule has 0 fully saturated rings. The summed E-state index contributed by atoms with van der Waals surface area (Å²) >= 11 is 0. The van der Waals surface area contributed by atoms with Crippen LogP contribution in [-0.2, 0) is 28.6 Å². The van der Waals surface area contributed by atoms with Crippen molar-refractivity contribution in [1.82, 2.24) is 0 Å². The van der Waals surface area contributed by atoms with Gasteiger partial charge in [-0.15, -0.1) is 0 Å². The highest BCUT2D eigenvalue weighted by molar-refractivity contribution is 5.71. The number of carbonyl (C=O) groups is 3. The van der Waals surface area contributed by atoms with Crippen molar-refractivity contribution in [2.75, 3.05) is 13.2 Å². The number of carbonyl (C=O) groups excluding carboxylic acids is 3. The summed E-state index contributed by atoms with van der Waals surface area (Å²) in [6.07, 6.45) is 75.0. The third-order valence-electron chi connectivity index (χ3n) is 11.5. The van der Waals surface area contributed by atoms with Crippen LogP contribution in [0.5, 0.6) is 0 Å². The Morgan fingerprint density at radius 2 is 0.574 bits per heavy atom. The summed E-state index contributed by atoms with van der Waals surface area (Å²) in [7, 11) is 0. The fourth-order valence-corrected chi connectivity index (χ4v) is 7.29. The summed E-state index contributed by atoms with van der Waals surface area (Å²) < 4.78 is 16.8. The van der Waals surface area contributed by atoms with Crippen LogP contribution in [0.1, 0.15) is 245 Å². The SMILES string of the molecule is CC/C=C\C/C=C\C/C=C\C/C=C\C/C=C\C/C=C\CCCCC(=O)OCC(COC(=O)CCCCCCC/C=C\CCCCCC)OC(=O)CCCCCCC/C=C\C/C=C\CCCCCC. The first-order valence-corrected chi connectivity index (χ1v) is 27.9. The van der Waals surface area contributed by atoms with Gasteiger partial charge in [0.2, 0.25) is 0 Å². The maximum absolute atomic E-state index is 12.8. The van der Waals surface area contributed by atoms with Crippen LogP contribution in [0.15, 0.2) is 109 Å². The molecule has 6 nitrogen and oxygen atoms in total. The molecule has 0 aliphatic rings. The van der Waals surface area contributed by atoms with E-state index in [4.69, 9.17) is 14.2 Å². The molecule has 0 aliphatic heterocycles. The van der Waals surface area contributed by atoms with Gasteiger partial charge in [-0.3, -0.25) is 14.4 Å². The molecule has 386 valence electrons. The van der Waals surface area contributed by atoms with Gasteiger partial charge in [-0.2, -0.15) is 0 Å². The van der Waals surface area contributed by atoms with Gasteiger partial charge in [0.05, 0.1) is 0 Å². The maximum atomic E-state index is 12.8. The lowest BCUT2D eigenvalue weighted by Crippen LogP contribution is -2.30. The molecule has 0 aliphatic carbocycles. The summed E-state index contributed by atoms with van der Waals surface area (Å²) in [4.78, 5) is 38.1. The van der Waals surface area contributed by atoms with E-state index in [1.54, 1.807) is 0 Å². The minimum Gasteiger partial charge on any atom is -0.462 e. The third-order valence-corrected chi connectivity index (χ3v) is 11.5. The minimum absolute atomic E-state index is 0.104. The number of ether oxygens (including phenoxy) is 3. The molecule has 0 N–H and O–H groups in total. The molecule has 6 heteroatoms. The van der Waals surface area contributed by atoms with Gasteiger partial charge in [0.1, 0.15) is 13.2 Å². The normalized spacial score (nSPS) is 12.9. The first kappa shape index (κ1) is 64.1. The van der Waals surface area contributed by atoms with E-state index in [0.29, 0.717) is 25.7 Å². The number of hydrogen-bond acceptors (Lipinski definition) is 6. The molecule has 0 aromatic heterocycles. The topological polar surface area (TPSA) is 78.9 Å². The summed E-state index contributed by atoms with van der Waals surface area (Å²) in [6, 6.07) is 0. The molecule has 0 bridgehead atoms. The van der Waals surface area contributed by atoms with E-state index in [-0.39, 0.29) is 31.1 Å². The molecule has 0 saturated carbocycles. The maximum Gasteiger partial charge on any atom is 0.306 e. The van der Waals surface area contributed by atoms with Gasteiger partial charge in [-0.25, -0.2) is 0 Å².